The second-order valence-electron chi connectivity index (χ2n) is 5.91. The highest BCUT2D eigenvalue weighted by molar-refractivity contribution is 6.07. The summed E-state index contributed by atoms with van der Waals surface area (Å²) in [5.41, 5.74) is 2.19. The van der Waals surface area contributed by atoms with Crippen LogP contribution >= 0.6 is 0 Å². The Morgan fingerprint density at radius 2 is 1.57 bits per heavy atom. The fraction of sp³-hybridized carbons (Fsp3) is 0.0870. The number of allylic oxidation sites excluding steroid dienone is 1. The number of hydrogen-bond acceptors (Lipinski definition) is 3. The van der Waals surface area contributed by atoms with Gasteiger partial charge in [0.2, 0.25) is 0 Å². The topological polar surface area (TPSA) is 35.5 Å². The summed E-state index contributed by atoms with van der Waals surface area (Å²) in [4.78, 5) is 12.3. The Morgan fingerprint density at radius 1 is 0.893 bits per heavy atom. The predicted octanol–water partition coefficient (Wildman–Crippen LogP) is 5.76. The molecule has 0 aliphatic carbocycles. The van der Waals surface area contributed by atoms with E-state index in [2.05, 4.69) is 4.74 Å². The van der Waals surface area contributed by atoms with Crippen molar-refractivity contribution in [3.05, 3.63) is 102 Å². The number of benzene rings is 3. The lowest BCUT2D eigenvalue weighted by Gasteiger charge is -2.09. The van der Waals surface area contributed by atoms with Crippen molar-refractivity contribution in [2.24, 2.45) is 0 Å². The molecular formula is C23H18F2O3. The number of rotatable bonds is 8. The minimum atomic E-state index is -2.89. The smallest absolute Gasteiger partial charge is 0.387 e. The van der Waals surface area contributed by atoms with E-state index in [-0.39, 0.29) is 11.5 Å². The van der Waals surface area contributed by atoms with E-state index in [4.69, 9.17) is 4.74 Å². The van der Waals surface area contributed by atoms with E-state index in [0.717, 1.165) is 11.1 Å². The monoisotopic (exact) mass is 380 g/mol. The molecule has 0 unspecified atom stereocenters. The Labute approximate surface area is 161 Å². The van der Waals surface area contributed by atoms with Crippen LogP contribution in [0.3, 0.4) is 0 Å². The Balaban J connectivity index is 1.67. The normalized spacial score (nSPS) is 11.0. The van der Waals surface area contributed by atoms with Gasteiger partial charge >= 0.3 is 6.61 Å². The number of ether oxygens (including phenoxy) is 2. The molecule has 0 atom stereocenters. The maximum absolute atomic E-state index is 12.3. The third-order valence-electron chi connectivity index (χ3n) is 3.93. The second-order valence-corrected chi connectivity index (χ2v) is 5.91. The van der Waals surface area contributed by atoms with Gasteiger partial charge in [0, 0.05) is 11.1 Å². The third-order valence-corrected chi connectivity index (χ3v) is 3.93. The number of alkyl halides is 2. The SMILES string of the molecule is O=C(/C=C/c1ccccc1OCc1ccccc1)c1ccc(OC(F)F)cc1. The molecule has 0 N–H and O–H groups in total. The van der Waals surface area contributed by atoms with Gasteiger partial charge in [-0.1, -0.05) is 48.5 Å². The maximum Gasteiger partial charge on any atom is 0.387 e. The lowest BCUT2D eigenvalue weighted by Crippen LogP contribution is -2.02. The van der Waals surface area contributed by atoms with E-state index >= 15 is 0 Å². The van der Waals surface area contributed by atoms with Crippen molar-refractivity contribution in [2.45, 2.75) is 13.2 Å². The summed E-state index contributed by atoms with van der Waals surface area (Å²) in [5, 5.41) is 0. The molecule has 0 aliphatic heterocycles. The van der Waals surface area contributed by atoms with Gasteiger partial charge in [-0.05, 0) is 48.0 Å². The largest absolute Gasteiger partial charge is 0.488 e. The molecule has 0 heterocycles. The number of carbonyl (C=O) groups is 1. The third kappa shape index (κ3) is 5.51. The lowest BCUT2D eigenvalue weighted by molar-refractivity contribution is -0.0498. The Kier molecular flexibility index (Phi) is 6.52. The highest BCUT2D eigenvalue weighted by atomic mass is 19.3. The van der Waals surface area contributed by atoms with Gasteiger partial charge in [-0.15, -0.1) is 0 Å². The molecule has 28 heavy (non-hydrogen) atoms. The van der Waals surface area contributed by atoms with Crippen LogP contribution in [0.25, 0.3) is 6.08 Å². The van der Waals surface area contributed by atoms with Gasteiger partial charge in [-0.25, -0.2) is 0 Å². The summed E-state index contributed by atoms with van der Waals surface area (Å²) in [5.74, 6) is 0.424. The van der Waals surface area contributed by atoms with E-state index in [1.54, 1.807) is 6.08 Å². The van der Waals surface area contributed by atoms with Crippen molar-refractivity contribution in [1.29, 1.82) is 0 Å². The molecule has 0 fully saturated rings. The molecule has 0 saturated carbocycles. The van der Waals surface area contributed by atoms with E-state index < -0.39 is 6.61 Å². The molecule has 0 amide bonds. The molecule has 5 heteroatoms. The van der Waals surface area contributed by atoms with E-state index in [9.17, 15) is 13.6 Å². The number of carbonyl (C=O) groups excluding carboxylic acids is 1. The Bertz CT molecular complexity index is 936. The average molecular weight is 380 g/mol. The van der Waals surface area contributed by atoms with Gasteiger partial charge in [0.1, 0.15) is 18.1 Å². The molecule has 0 aliphatic rings. The zero-order valence-electron chi connectivity index (χ0n) is 14.9. The first-order chi connectivity index (χ1) is 13.6. The van der Waals surface area contributed by atoms with E-state index in [0.29, 0.717) is 17.9 Å². The van der Waals surface area contributed by atoms with Gasteiger partial charge in [0.25, 0.3) is 0 Å². The summed E-state index contributed by atoms with van der Waals surface area (Å²) >= 11 is 0. The van der Waals surface area contributed by atoms with Gasteiger partial charge in [-0.2, -0.15) is 8.78 Å². The van der Waals surface area contributed by atoms with Crippen LogP contribution in [0.1, 0.15) is 21.5 Å². The molecule has 0 spiro atoms. The maximum atomic E-state index is 12.3. The summed E-state index contributed by atoms with van der Waals surface area (Å²) in [6, 6.07) is 22.8. The molecule has 0 bridgehead atoms. The molecule has 3 aromatic rings. The molecular weight excluding hydrogens is 362 g/mol. The van der Waals surface area contributed by atoms with Crippen molar-refractivity contribution >= 4 is 11.9 Å². The standard InChI is InChI=1S/C23H18F2O3/c24-23(25)28-20-13-10-18(11-14-20)21(26)15-12-19-8-4-5-9-22(19)27-16-17-6-2-1-3-7-17/h1-15,23H,16H2/b15-12+. The van der Waals surface area contributed by atoms with Crippen LogP contribution in [0.2, 0.25) is 0 Å². The summed E-state index contributed by atoms with van der Waals surface area (Å²) in [6.07, 6.45) is 3.10. The minimum Gasteiger partial charge on any atom is -0.488 e. The van der Waals surface area contributed by atoms with E-state index in [1.165, 1.54) is 30.3 Å². The molecule has 3 nitrogen and oxygen atoms in total. The molecule has 3 aromatic carbocycles. The average Bonchev–Trinajstić information content (AvgIpc) is 2.72. The van der Waals surface area contributed by atoms with Gasteiger partial charge in [-0.3, -0.25) is 4.79 Å². The van der Waals surface area contributed by atoms with Crippen LogP contribution in [0.4, 0.5) is 8.78 Å². The van der Waals surface area contributed by atoms with Gasteiger partial charge < -0.3 is 9.47 Å². The van der Waals surface area contributed by atoms with E-state index in [1.807, 2.05) is 54.6 Å². The predicted molar refractivity (Wildman–Crippen MR) is 104 cm³/mol. The zero-order valence-corrected chi connectivity index (χ0v) is 14.9. The first-order valence-electron chi connectivity index (χ1n) is 8.65. The van der Waals surface area contributed by atoms with Crippen molar-refractivity contribution in [3.8, 4) is 11.5 Å². The summed E-state index contributed by atoms with van der Waals surface area (Å²) < 4.78 is 34.5. The molecule has 3 rings (SSSR count). The highest BCUT2D eigenvalue weighted by Gasteiger charge is 2.07. The number of para-hydroxylation sites is 1. The minimum absolute atomic E-state index is 0.00943. The van der Waals surface area contributed by atoms with Gasteiger partial charge in [0.15, 0.2) is 5.78 Å². The van der Waals surface area contributed by atoms with Crippen LogP contribution in [-0.2, 0) is 6.61 Å². The van der Waals surface area contributed by atoms with Crippen molar-refractivity contribution < 1.29 is 23.0 Å². The van der Waals surface area contributed by atoms with Crippen LogP contribution in [0.15, 0.2) is 84.9 Å². The number of hydrogen-bond donors (Lipinski definition) is 0. The van der Waals surface area contributed by atoms with Gasteiger partial charge in [0.05, 0.1) is 0 Å². The van der Waals surface area contributed by atoms with Crippen LogP contribution in [0, 0.1) is 0 Å². The summed E-state index contributed by atoms with van der Waals surface area (Å²) in [7, 11) is 0. The van der Waals surface area contributed by atoms with Crippen molar-refractivity contribution in [1.82, 2.24) is 0 Å². The molecule has 142 valence electrons. The molecule has 0 aromatic heterocycles. The fourth-order valence-electron chi connectivity index (χ4n) is 2.55. The lowest BCUT2D eigenvalue weighted by atomic mass is 10.1. The quantitative estimate of drug-likeness (QED) is 0.368. The first-order valence-corrected chi connectivity index (χ1v) is 8.65. The van der Waals surface area contributed by atoms with Crippen LogP contribution in [-0.4, -0.2) is 12.4 Å². The van der Waals surface area contributed by atoms with Crippen molar-refractivity contribution in [3.63, 3.8) is 0 Å². The number of halogens is 2. The Hall–Kier alpha value is -3.47. The van der Waals surface area contributed by atoms with Crippen LogP contribution in [0.5, 0.6) is 11.5 Å². The zero-order chi connectivity index (χ0) is 19.8. The Morgan fingerprint density at radius 3 is 2.29 bits per heavy atom. The molecule has 0 radical (unpaired) electrons. The first kappa shape index (κ1) is 19.3. The molecule has 0 saturated heterocycles. The number of ketones is 1. The highest BCUT2D eigenvalue weighted by Crippen LogP contribution is 2.21. The summed E-state index contributed by atoms with van der Waals surface area (Å²) in [6.45, 7) is -2.47. The van der Waals surface area contributed by atoms with Crippen LogP contribution < -0.4 is 9.47 Å². The van der Waals surface area contributed by atoms with Crippen molar-refractivity contribution in [2.75, 3.05) is 0 Å². The fourth-order valence-corrected chi connectivity index (χ4v) is 2.55. The second kappa shape index (κ2) is 9.46.